The van der Waals surface area contributed by atoms with E-state index in [1.54, 1.807) is 12.1 Å². The van der Waals surface area contributed by atoms with Crippen molar-refractivity contribution in [1.82, 2.24) is 0 Å². The Hall–Kier alpha value is -1.27. The third-order valence-corrected chi connectivity index (χ3v) is 3.06. The first-order chi connectivity index (χ1) is 8.06. The maximum Gasteiger partial charge on any atom is 0.339 e. The van der Waals surface area contributed by atoms with E-state index in [2.05, 4.69) is 20.7 Å². The first-order valence-electron chi connectivity index (χ1n) is 4.73. The number of carbonyl (C=O) groups excluding carboxylic acids is 1. The summed E-state index contributed by atoms with van der Waals surface area (Å²) in [6.07, 6.45) is -1.43. The maximum absolute atomic E-state index is 11.3. The smallest absolute Gasteiger partial charge is 0.339 e. The third-order valence-electron chi connectivity index (χ3n) is 2.24. The summed E-state index contributed by atoms with van der Waals surface area (Å²) in [4.78, 5) is 11.3. The predicted molar refractivity (Wildman–Crippen MR) is 64.2 cm³/mol. The molecule has 0 saturated heterocycles. The molecule has 1 aromatic carbocycles. The van der Waals surface area contributed by atoms with E-state index in [0.717, 1.165) is 0 Å². The second-order valence-electron chi connectivity index (χ2n) is 3.12. The van der Waals surface area contributed by atoms with Crippen LogP contribution in [-0.2, 0) is 9.53 Å². The number of ether oxygens (including phenoxy) is 3. The molecular formula is C11H13BrO5. The minimum absolute atomic E-state index is 0.277. The van der Waals surface area contributed by atoms with Crippen molar-refractivity contribution in [3.05, 3.63) is 22.2 Å². The molecule has 0 heterocycles. The van der Waals surface area contributed by atoms with Crippen molar-refractivity contribution in [2.45, 2.75) is 6.10 Å². The number of esters is 1. The number of benzene rings is 1. The molecule has 6 heteroatoms. The summed E-state index contributed by atoms with van der Waals surface area (Å²) in [5.41, 5.74) is 0.277. The molecule has 0 bridgehead atoms. The van der Waals surface area contributed by atoms with E-state index in [-0.39, 0.29) is 5.56 Å². The van der Waals surface area contributed by atoms with Gasteiger partial charge in [0, 0.05) is 0 Å². The van der Waals surface area contributed by atoms with Crippen molar-refractivity contribution in [2.75, 3.05) is 21.3 Å². The molecule has 0 saturated carbocycles. The Labute approximate surface area is 107 Å². The molecular weight excluding hydrogens is 292 g/mol. The Kier molecular flexibility index (Phi) is 4.77. The molecule has 1 unspecified atom stereocenters. The molecule has 1 rings (SSSR count). The number of methoxy groups -OCH3 is 3. The van der Waals surface area contributed by atoms with E-state index in [1.807, 2.05) is 0 Å². The fourth-order valence-electron chi connectivity index (χ4n) is 1.38. The van der Waals surface area contributed by atoms with Gasteiger partial charge >= 0.3 is 5.97 Å². The monoisotopic (exact) mass is 304 g/mol. The van der Waals surface area contributed by atoms with Crippen LogP contribution in [-0.4, -0.2) is 32.4 Å². The molecule has 0 aromatic heterocycles. The Balaban J connectivity index is 3.32. The van der Waals surface area contributed by atoms with Crippen LogP contribution in [0.5, 0.6) is 11.5 Å². The summed E-state index contributed by atoms with van der Waals surface area (Å²) in [6, 6.07) is 3.27. The van der Waals surface area contributed by atoms with Crippen LogP contribution in [0, 0.1) is 0 Å². The van der Waals surface area contributed by atoms with E-state index in [4.69, 9.17) is 9.47 Å². The maximum atomic E-state index is 11.3. The predicted octanol–water partition coefficient (Wildman–Crippen LogP) is 1.67. The van der Waals surface area contributed by atoms with Crippen LogP contribution in [0.3, 0.4) is 0 Å². The van der Waals surface area contributed by atoms with Gasteiger partial charge in [0.25, 0.3) is 0 Å². The van der Waals surface area contributed by atoms with Crippen molar-refractivity contribution in [3.8, 4) is 11.5 Å². The number of halogens is 1. The lowest BCUT2D eigenvalue weighted by atomic mass is 10.1. The average molecular weight is 305 g/mol. The first kappa shape index (κ1) is 13.8. The van der Waals surface area contributed by atoms with Gasteiger partial charge < -0.3 is 19.3 Å². The average Bonchev–Trinajstić information content (AvgIpc) is 2.36. The van der Waals surface area contributed by atoms with E-state index < -0.39 is 12.1 Å². The molecule has 0 spiro atoms. The third kappa shape index (κ3) is 2.70. The molecule has 1 aromatic rings. The van der Waals surface area contributed by atoms with Gasteiger partial charge in [-0.1, -0.05) is 0 Å². The lowest BCUT2D eigenvalue weighted by Crippen LogP contribution is -2.15. The zero-order chi connectivity index (χ0) is 13.0. The van der Waals surface area contributed by atoms with E-state index >= 15 is 0 Å². The van der Waals surface area contributed by atoms with Crippen LogP contribution in [0.15, 0.2) is 16.6 Å². The van der Waals surface area contributed by atoms with Crippen molar-refractivity contribution >= 4 is 21.9 Å². The fraction of sp³-hybridized carbons (Fsp3) is 0.364. The van der Waals surface area contributed by atoms with Crippen LogP contribution >= 0.6 is 15.9 Å². The van der Waals surface area contributed by atoms with Gasteiger partial charge in [-0.3, -0.25) is 0 Å². The van der Waals surface area contributed by atoms with Gasteiger partial charge in [0.2, 0.25) is 0 Å². The number of hydrogen-bond donors (Lipinski definition) is 1. The highest BCUT2D eigenvalue weighted by Gasteiger charge is 2.26. The van der Waals surface area contributed by atoms with Crippen molar-refractivity contribution < 1.29 is 24.1 Å². The van der Waals surface area contributed by atoms with Crippen molar-refractivity contribution in [1.29, 1.82) is 0 Å². The standard InChI is InChI=1S/C11H13BrO5/c1-15-6-4-5-7(16-2)9(12)8(6)10(13)11(14)17-3/h4-5,10,13H,1-3H3. The molecule has 0 aliphatic heterocycles. The van der Waals surface area contributed by atoms with Gasteiger partial charge in [-0.25, -0.2) is 4.79 Å². The van der Waals surface area contributed by atoms with E-state index in [0.29, 0.717) is 16.0 Å². The van der Waals surface area contributed by atoms with Gasteiger partial charge in [0.05, 0.1) is 31.4 Å². The van der Waals surface area contributed by atoms with Crippen molar-refractivity contribution in [2.24, 2.45) is 0 Å². The highest BCUT2D eigenvalue weighted by Crippen LogP contribution is 2.39. The molecule has 0 aliphatic carbocycles. The SMILES string of the molecule is COC(=O)C(O)c1c(OC)ccc(OC)c1Br. The van der Waals surface area contributed by atoms with Crippen LogP contribution in [0.2, 0.25) is 0 Å². The molecule has 0 aliphatic rings. The van der Waals surface area contributed by atoms with Crippen LogP contribution in [0.25, 0.3) is 0 Å². The van der Waals surface area contributed by atoms with E-state index in [1.165, 1.54) is 21.3 Å². The number of rotatable bonds is 4. The number of aliphatic hydroxyl groups is 1. The first-order valence-corrected chi connectivity index (χ1v) is 5.52. The second-order valence-corrected chi connectivity index (χ2v) is 3.92. The molecule has 0 fully saturated rings. The Morgan fingerprint density at radius 1 is 1.24 bits per heavy atom. The van der Waals surface area contributed by atoms with Gasteiger partial charge in [0.1, 0.15) is 11.5 Å². The highest BCUT2D eigenvalue weighted by molar-refractivity contribution is 9.10. The quantitative estimate of drug-likeness (QED) is 0.857. The van der Waals surface area contributed by atoms with Gasteiger partial charge in [0.15, 0.2) is 6.10 Å². The lowest BCUT2D eigenvalue weighted by molar-refractivity contribution is -0.150. The molecule has 0 amide bonds. The summed E-state index contributed by atoms with van der Waals surface area (Å²) in [5, 5.41) is 9.86. The second kappa shape index (κ2) is 5.88. The van der Waals surface area contributed by atoms with Gasteiger partial charge in [-0.2, -0.15) is 0 Å². The summed E-state index contributed by atoms with van der Waals surface area (Å²) >= 11 is 3.26. The molecule has 0 radical (unpaired) electrons. The number of carbonyl (C=O) groups is 1. The summed E-state index contributed by atoms with van der Waals surface area (Å²) in [5.74, 6) is 0.0941. The highest BCUT2D eigenvalue weighted by atomic mass is 79.9. The van der Waals surface area contributed by atoms with Crippen molar-refractivity contribution in [3.63, 3.8) is 0 Å². The lowest BCUT2D eigenvalue weighted by Gasteiger charge is -2.16. The number of aliphatic hydroxyl groups excluding tert-OH is 1. The Morgan fingerprint density at radius 2 is 1.76 bits per heavy atom. The largest absolute Gasteiger partial charge is 0.496 e. The summed E-state index contributed by atoms with van der Waals surface area (Å²) in [6.45, 7) is 0. The molecule has 94 valence electrons. The van der Waals surface area contributed by atoms with Crippen LogP contribution in [0.1, 0.15) is 11.7 Å². The van der Waals surface area contributed by atoms with E-state index in [9.17, 15) is 9.90 Å². The number of hydrogen-bond acceptors (Lipinski definition) is 5. The molecule has 1 N–H and O–H groups in total. The molecule has 17 heavy (non-hydrogen) atoms. The molecule has 1 atom stereocenters. The zero-order valence-electron chi connectivity index (χ0n) is 9.69. The van der Waals surface area contributed by atoms with Gasteiger partial charge in [-0.15, -0.1) is 0 Å². The fourth-order valence-corrected chi connectivity index (χ4v) is 2.08. The van der Waals surface area contributed by atoms with Crippen LogP contribution in [0.4, 0.5) is 0 Å². The van der Waals surface area contributed by atoms with Gasteiger partial charge in [-0.05, 0) is 28.1 Å². The molecule has 5 nitrogen and oxygen atoms in total. The minimum Gasteiger partial charge on any atom is -0.496 e. The topological polar surface area (TPSA) is 65.0 Å². The normalized spacial score (nSPS) is 11.8. The zero-order valence-corrected chi connectivity index (χ0v) is 11.3. The van der Waals surface area contributed by atoms with Crippen LogP contribution < -0.4 is 9.47 Å². The summed E-state index contributed by atoms with van der Waals surface area (Å²) < 4.78 is 15.1. The summed E-state index contributed by atoms with van der Waals surface area (Å²) in [7, 11) is 4.13. The minimum atomic E-state index is -1.43. The Bertz CT molecular complexity index is 419. The Morgan fingerprint density at radius 3 is 2.24 bits per heavy atom.